The van der Waals surface area contributed by atoms with Crippen LogP contribution in [0.5, 0.6) is 0 Å². The molecule has 0 aliphatic heterocycles. The normalized spacial score (nSPS) is 10.9. The number of rotatable bonds is 2. The van der Waals surface area contributed by atoms with Crippen LogP contribution in [0.15, 0.2) is 46.7 Å². The van der Waals surface area contributed by atoms with E-state index in [-0.39, 0.29) is 0 Å². The maximum Gasteiger partial charge on any atom is 0.192 e. The van der Waals surface area contributed by atoms with Crippen LogP contribution in [-0.4, -0.2) is 15.0 Å². The molecule has 0 unspecified atom stereocenters. The molecule has 0 aliphatic carbocycles. The lowest BCUT2D eigenvalue weighted by Crippen LogP contribution is -1.95. The van der Waals surface area contributed by atoms with E-state index < -0.39 is 5.82 Å². The fraction of sp³-hybridized carbons (Fsp3) is 0.0714. The lowest BCUT2D eigenvalue weighted by atomic mass is 10.2. The number of benzene rings is 1. The zero-order valence-electron chi connectivity index (χ0n) is 10.7. The van der Waals surface area contributed by atoms with Crippen LogP contribution in [0, 0.1) is 12.7 Å². The minimum Gasteiger partial charge on any atom is -0.398 e. The summed E-state index contributed by atoms with van der Waals surface area (Å²) in [4.78, 5) is 13.0. The lowest BCUT2D eigenvalue weighted by molar-refractivity contribution is 0.605. The van der Waals surface area contributed by atoms with Crippen LogP contribution in [0.3, 0.4) is 0 Å². The minimum absolute atomic E-state index is 0.375. The second-order valence-electron chi connectivity index (χ2n) is 4.26. The maximum atomic E-state index is 14.2. The monoisotopic (exact) mass is 286 g/mol. The van der Waals surface area contributed by atoms with Crippen molar-refractivity contribution in [2.45, 2.75) is 17.0 Å². The predicted molar refractivity (Wildman–Crippen MR) is 77.0 cm³/mol. The Hall–Kier alpha value is -2.21. The van der Waals surface area contributed by atoms with Crippen LogP contribution in [0.2, 0.25) is 0 Å². The van der Waals surface area contributed by atoms with Gasteiger partial charge in [-0.2, -0.15) is 0 Å². The van der Waals surface area contributed by atoms with E-state index in [2.05, 4.69) is 15.0 Å². The van der Waals surface area contributed by atoms with Crippen LogP contribution in [0.1, 0.15) is 5.69 Å². The highest BCUT2D eigenvalue weighted by Gasteiger charge is 2.14. The maximum absolute atomic E-state index is 14.2. The number of aryl methyl sites for hydroxylation is 1. The number of fused-ring (bicyclic) bond motifs is 1. The Labute approximate surface area is 119 Å². The summed E-state index contributed by atoms with van der Waals surface area (Å²) in [5, 5.41) is 1.21. The molecular weight excluding hydrogens is 275 g/mol. The van der Waals surface area contributed by atoms with E-state index in [1.165, 1.54) is 6.07 Å². The molecule has 3 aromatic rings. The van der Waals surface area contributed by atoms with Crippen molar-refractivity contribution in [3.8, 4) is 0 Å². The van der Waals surface area contributed by atoms with Crippen LogP contribution < -0.4 is 5.73 Å². The Morgan fingerprint density at radius 1 is 1.20 bits per heavy atom. The molecule has 0 fully saturated rings. The average Bonchev–Trinajstić information content (AvgIpc) is 2.43. The van der Waals surface area contributed by atoms with Crippen molar-refractivity contribution < 1.29 is 4.39 Å². The molecule has 0 aliphatic rings. The van der Waals surface area contributed by atoms with Gasteiger partial charge in [-0.25, -0.2) is 14.4 Å². The molecule has 100 valence electrons. The average molecular weight is 286 g/mol. The van der Waals surface area contributed by atoms with E-state index in [9.17, 15) is 4.39 Å². The summed E-state index contributed by atoms with van der Waals surface area (Å²) in [5.74, 6) is -0.413. The molecule has 3 rings (SSSR count). The molecule has 0 radical (unpaired) electrons. The topological polar surface area (TPSA) is 64.7 Å². The third-order valence-electron chi connectivity index (χ3n) is 2.80. The molecule has 0 atom stereocenters. The predicted octanol–water partition coefficient (Wildman–Crippen LogP) is 3.21. The third kappa shape index (κ3) is 2.30. The smallest absolute Gasteiger partial charge is 0.192 e. The standard InChI is InChI=1S/C14H11FN4S/c1-8-4-6-18-14(19-8)20-13-10(15)7-11(16)9-3-2-5-17-12(9)13/h2-7H,16H2,1H3. The zero-order chi connectivity index (χ0) is 14.1. The molecule has 0 spiro atoms. The van der Waals surface area contributed by atoms with E-state index in [0.29, 0.717) is 21.3 Å². The largest absolute Gasteiger partial charge is 0.398 e. The highest BCUT2D eigenvalue weighted by atomic mass is 32.2. The van der Waals surface area contributed by atoms with Gasteiger partial charge in [0.05, 0.1) is 10.4 Å². The Balaban J connectivity index is 2.16. The summed E-state index contributed by atoms with van der Waals surface area (Å²) < 4.78 is 14.2. The Morgan fingerprint density at radius 2 is 2.05 bits per heavy atom. The number of hydrogen-bond acceptors (Lipinski definition) is 5. The number of nitrogen functional groups attached to an aromatic ring is 1. The van der Waals surface area contributed by atoms with E-state index >= 15 is 0 Å². The van der Waals surface area contributed by atoms with Gasteiger partial charge in [-0.15, -0.1) is 0 Å². The highest BCUT2D eigenvalue weighted by molar-refractivity contribution is 7.99. The first-order chi connectivity index (χ1) is 9.65. The van der Waals surface area contributed by atoms with Crippen molar-refractivity contribution in [1.29, 1.82) is 0 Å². The molecule has 0 bridgehead atoms. The van der Waals surface area contributed by atoms with Gasteiger partial charge in [0.1, 0.15) is 5.82 Å². The second kappa shape index (κ2) is 5.05. The van der Waals surface area contributed by atoms with Gasteiger partial charge in [-0.1, -0.05) is 0 Å². The van der Waals surface area contributed by atoms with E-state index in [0.717, 1.165) is 22.8 Å². The third-order valence-corrected chi connectivity index (χ3v) is 3.77. The van der Waals surface area contributed by atoms with E-state index in [1.54, 1.807) is 24.5 Å². The first-order valence-corrected chi connectivity index (χ1v) is 6.77. The molecule has 1 aromatic carbocycles. The summed E-state index contributed by atoms with van der Waals surface area (Å²) in [6, 6.07) is 6.69. The zero-order valence-corrected chi connectivity index (χ0v) is 11.5. The van der Waals surface area contributed by atoms with Crippen molar-refractivity contribution in [1.82, 2.24) is 15.0 Å². The van der Waals surface area contributed by atoms with Gasteiger partial charge in [-0.3, -0.25) is 4.98 Å². The van der Waals surface area contributed by atoms with Crippen molar-refractivity contribution in [2.24, 2.45) is 0 Å². The molecular formula is C14H11FN4S. The fourth-order valence-corrected chi connectivity index (χ4v) is 2.78. The summed E-state index contributed by atoms with van der Waals surface area (Å²) in [6.07, 6.45) is 3.26. The molecule has 6 heteroatoms. The number of aromatic nitrogens is 3. The molecule has 20 heavy (non-hydrogen) atoms. The number of nitrogens with zero attached hydrogens (tertiary/aromatic N) is 3. The van der Waals surface area contributed by atoms with Crippen LogP contribution >= 0.6 is 11.8 Å². The quantitative estimate of drug-likeness (QED) is 0.579. The summed E-state index contributed by atoms with van der Waals surface area (Å²) in [5.41, 5.74) is 7.56. The van der Waals surface area contributed by atoms with E-state index in [1.807, 2.05) is 13.0 Å². The second-order valence-corrected chi connectivity index (χ2v) is 5.24. The fourth-order valence-electron chi connectivity index (χ4n) is 1.88. The van der Waals surface area contributed by atoms with Gasteiger partial charge in [0, 0.05) is 29.2 Å². The van der Waals surface area contributed by atoms with Crippen LogP contribution in [0.4, 0.5) is 10.1 Å². The van der Waals surface area contributed by atoms with Gasteiger partial charge in [-0.05, 0) is 43.0 Å². The number of hydrogen-bond donors (Lipinski definition) is 1. The van der Waals surface area contributed by atoms with Gasteiger partial charge in [0.15, 0.2) is 5.16 Å². The number of halogens is 1. The number of nitrogens with two attached hydrogens (primary N) is 1. The van der Waals surface area contributed by atoms with Crippen molar-refractivity contribution in [3.63, 3.8) is 0 Å². The number of anilines is 1. The van der Waals surface area contributed by atoms with Crippen molar-refractivity contribution in [3.05, 3.63) is 48.2 Å². The molecule has 0 saturated carbocycles. The Kier molecular flexibility index (Phi) is 3.23. The molecule has 0 amide bonds. The van der Waals surface area contributed by atoms with Gasteiger partial charge >= 0.3 is 0 Å². The first kappa shape index (κ1) is 12.8. The van der Waals surface area contributed by atoms with Crippen LogP contribution in [-0.2, 0) is 0 Å². The van der Waals surface area contributed by atoms with Gasteiger partial charge in [0.2, 0.25) is 0 Å². The molecule has 4 nitrogen and oxygen atoms in total. The van der Waals surface area contributed by atoms with E-state index in [4.69, 9.17) is 5.73 Å². The highest BCUT2D eigenvalue weighted by Crippen LogP contribution is 2.35. The van der Waals surface area contributed by atoms with Gasteiger partial charge in [0.25, 0.3) is 0 Å². The first-order valence-electron chi connectivity index (χ1n) is 5.95. The summed E-state index contributed by atoms with van der Waals surface area (Å²) >= 11 is 1.15. The summed E-state index contributed by atoms with van der Waals surface area (Å²) in [7, 11) is 0. The molecule has 2 heterocycles. The summed E-state index contributed by atoms with van der Waals surface area (Å²) in [6.45, 7) is 1.86. The minimum atomic E-state index is -0.413. The molecule has 2 N–H and O–H groups in total. The lowest BCUT2D eigenvalue weighted by Gasteiger charge is -2.08. The van der Waals surface area contributed by atoms with Crippen molar-refractivity contribution in [2.75, 3.05) is 5.73 Å². The SMILES string of the molecule is Cc1ccnc(Sc2c(F)cc(N)c3cccnc23)n1. The molecule has 2 aromatic heterocycles. The van der Waals surface area contributed by atoms with Crippen LogP contribution in [0.25, 0.3) is 10.9 Å². The molecule has 0 saturated heterocycles. The van der Waals surface area contributed by atoms with Gasteiger partial charge < -0.3 is 5.73 Å². The van der Waals surface area contributed by atoms with Crippen molar-refractivity contribution >= 4 is 28.4 Å². The Morgan fingerprint density at radius 3 is 2.85 bits per heavy atom. The number of pyridine rings is 1. The Bertz CT molecular complexity index is 791.